The number of ether oxygens (including phenoxy) is 1. The summed E-state index contributed by atoms with van der Waals surface area (Å²) in [5, 5.41) is 2.91. The molecule has 2 heterocycles. The van der Waals surface area contributed by atoms with Crippen molar-refractivity contribution < 1.29 is 14.3 Å². The molecule has 3 rings (SSSR count). The van der Waals surface area contributed by atoms with Crippen LogP contribution in [0.5, 0.6) is 0 Å². The Bertz CT molecular complexity index is 629. The second-order valence-corrected chi connectivity index (χ2v) is 7.73. The molecule has 2 aliphatic heterocycles. The molecule has 0 aromatic heterocycles. The normalized spacial score (nSPS) is 20.4. The van der Waals surface area contributed by atoms with E-state index in [2.05, 4.69) is 12.2 Å². The highest BCUT2D eigenvalue weighted by molar-refractivity contribution is 7.99. The second-order valence-electron chi connectivity index (χ2n) is 6.60. The summed E-state index contributed by atoms with van der Waals surface area (Å²) in [6.07, 6.45) is 4.85. The molecule has 1 aromatic rings. The van der Waals surface area contributed by atoms with Gasteiger partial charge >= 0.3 is 0 Å². The first-order valence-electron chi connectivity index (χ1n) is 9.15. The monoisotopic (exact) mass is 362 g/mol. The first-order chi connectivity index (χ1) is 12.2. The van der Waals surface area contributed by atoms with Crippen molar-refractivity contribution in [1.82, 2.24) is 4.90 Å². The number of carbonyl (C=O) groups is 2. The lowest BCUT2D eigenvalue weighted by atomic mass is 10.1. The number of fused-ring (bicyclic) bond motifs is 1. The maximum atomic E-state index is 13.0. The van der Waals surface area contributed by atoms with Gasteiger partial charge in [0.25, 0.3) is 5.91 Å². The van der Waals surface area contributed by atoms with Crippen LogP contribution in [-0.4, -0.2) is 48.3 Å². The van der Waals surface area contributed by atoms with Gasteiger partial charge in [-0.2, -0.15) is 0 Å². The quantitative estimate of drug-likeness (QED) is 0.870. The Morgan fingerprint density at radius 2 is 2.28 bits per heavy atom. The Kier molecular flexibility index (Phi) is 6.37. The van der Waals surface area contributed by atoms with E-state index in [9.17, 15) is 9.59 Å². The van der Waals surface area contributed by atoms with Gasteiger partial charge < -0.3 is 15.0 Å². The molecule has 1 saturated heterocycles. The van der Waals surface area contributed by atoms with Gasteiger partial charge in [-0.1, -0.05) is 6.92 Å². The maximum Gasteiger partial charge on any atom is 0.254 e. The smallest absolute Gasteiger partial charge is 0.254 e. The van der Waals surface area contributed by atoms with Crippen molar-refractivity contribution in [3.05, 3.63) is 23.8 Å². The fraction of sp³-hybridized carbons (Fsp3) is 0.579. The van der Waals surface area contributed by atoms with Crippen molar-refractivity contribution in [2.75, 3.05) is 30.8 Å². The molecular formula is C19H26N2O3S. The fourth-order valence-corrected chi connectivity index (χ4v) is 4.22. The molecule has 0 saturated carbocycles. The molecule has 1 fully saturated rings. The van der Waals surface area contributed by atoms with Gasteiger partial charge in [-0.05, 0) is 43.9 Å². The Balaban J connectivity index is 1.75. The molecular weight excluding hydrogens is 336 g/mol. The van der Waals surface area contributed by atoms with Gasteiger partial charge in [0, 0.05) is 42.3 Å². The average molecular weight is 362 g/mol. The van der Waals surface area contributed by atoms with E-state index in [1.165, 1.54) is 6.42 Å². The Labute approximate surface area is 153 Å². The number of benzene rings is 1. The van der Waals surface area contributed by atoms with E-state index in [0.29, 0.717) is 18.5 Å². The number of nitrogens with one attached hydrogen (secondary N) is 1. The number of amides is 2. The highest BCUT2D eigenvalue weighted by Crippen LogP contribution is 2.32. The lowest BCUT2D eigenvalue weighted by molar-refractivity contribution is -0.115. The summed E-state index contributed by atoms with van der Waals surface area (Å²) >= 11 is 1.65. The number of rotatable bonds is 5. The molecule has 2 aliphatic rings. The zero-order chi connectivity index (χ0) is 17.6. The molecule has 1 atom stereocenters. The van der Waals surface area contributed by atoms with Crippen molar-refractivity contribution in [3.8, 4) is 0 Å². The number of thioether (sulfide) groups is 1. The van der Waals surface area contributed by atoms with Gasteiger partial charge in [0.2, 0.25) is 5.91 Å². The van der Waals surface area contributed by atoms with Crippen LogP contribution in [0, 0.1) is 0 Å². The minimum atomic E-state index is 0.0110. The van der Waals surface area contributed by atoms with Crippen LogP contribution in [0.15, 0.2) is 23.1 Å². The summed E-state index contributed by atoms with van der Waals surface area (Å²) in [6.45, 7) is 4.23. The third-order valence-electron chi connectivity index (χ3n) is 4.57. The van der Waals surface area contributed by atoms with Crippen LogP contribution in [-0.2, 0) is 9.53 Å². The first kappa shape index (κ1) is 18.3. The summed E-state index contributed by atoms with van der Waals surface area (Å²) in [4.78, 5) is 27.7. The highest BCUT2D eigenvalue weighted by atomic mass is 32.2. The second kappa shape index (κ2) is 8.72. The van der Waals surface area contributed by atoms with Gasteiger partial charge in [0.05, 0.1) is 11.8 Å². The zero-order valence-electron chi connectivity index (χ0n) is 14.8. The summed E-state index contributed by atoms with van der Waals surface area (Å²) < 4.78 is 5.81. The summed E-state index contributed by atoms with van der Waals surface area (Å²) in [7, 11) is 0. The highest BCUT2D eigenvalue weighted by Gasteiger charge is 2.23. The maximum absolute atomic E-state index is 13.0. The average Bonchev–Trinajstić information content (AvgIpc) is 2.81. The molecule has 0 spiro atoms. The summed E-state index contributed by atoms with van der Waals surface area (Å²) in [6, 6.07) is 5.63. The van der Waals surface area contributed by atoms with E-state index >= 15 is 0 Å². The van der Waals surface area contributed by atoms with Crippen LogP contribution < -0.4 is 5.32 Å². The van der Waals surface area contributed by atoms with Crippen LogP contribution in [0.1, 0.15) is 49.4 Å². The van der Waals surface area contributed by atoms with Crippen LogP contribution in [0.4, 0.5) is 5.69 Å². The number of hydrogen-bond donors (Lipinski definition) is 1. The molecule has 0 aliphatic carbocycles. The Hall–Kier alpha value is -1.53. The van der Waals surface area contributed by atoms with Gasteiger partial charge in [0.15, 0.2) is 0 Å². The van der Waals surface area contributed by atoms with Gasteiger partial charge in [-0.15, -0.1) is 11.8 Å². The third-order valence-corrected chi connectivity index (χ3v) is 5.64. The summed E-state index contributed by atoms with van der Waals surface area (Å²) in [5.74, 6) is 0.798. The van der Waals surface area contributed by atoms with Crippen LogP contribution in [0.2, 0.25) is 0 Å². The van der Waals surface area contributed by atoms with Gasteiger partial charge in [0.1, 0.15) is 0 Å². The van der Waals surface area contributed by atoms with E-state index in [1.807, 2.05) is 23.1 Å². The van der Waals surface area contributed by atoms with E-state index in [-0.39, 0.29) is 17.9 Å². The van der Waals surface area contributed by atoms with E-state index in [0.717, 1.165) is 48.7 Å². The zero-order valence-corrected chi connectivity index (χ0v) is 15.6. The first-order valence-corrected chi connectivity index (χ1v) is 10.1. The molecule has 6 heteroatoms. The molecule has 1 aromatic carbocycles. The standard InChI is InChI=1S/C19H26N2O3S/c1-2-9-21(13-15-5-3-4-10-24-15)19(23)14-6-7-17-16(12-14)20-18(22)8-11-25-17/h6-7,12,15H,2-5,8-11,13H2,1H3,(H,20,22). The van der Waals surface area contributed by atoms with E-state index in [4.69, 9.17) is 4.74 Å². The van der Waals surface area contributed by atoms with E-state index in [1.54, 1.807) is 11.8 Å². The largest absolute Gasteiger partial charge is 0.376 e. The van der Waals surface area contributed by atoms with Crippen molar-refractivity contribution in [3.63, 3.8) is 0 Å². The minimum Gasteiger partial charge on any atom is -0.376 e. The SMILES string of the molecule is CCCN(CC1CCCCO1)C(=O)c1ccc2c(c1)NC(=O)CCS2. The molecule has 1 N–H and O–H groups in total. The number of anilines is 1. The number of carbonyl (C=O) groups excluding carboxylic acids is 2. The van der Waals surface area contributed by atoms with Crippen molar-refractivity contribution in [2.45, 2.75) is 50.0 Å². The lowest BCUT2D eigenvalue weighted by Crippen LogP contribution is -2.40. The molecule has 0 bridgehead atoms. The third kappa shape index (κ3) is 4.76. The molecule has 25 heavy (non-hydrogen) atoms. The summed E-state index contributed by atoms with van der Waals surface area (Å²) in [5.41, 5.74) is 1.38. The Morgan fingerprint density at radius 1 is 1.40 bits per heavy atom. The topological polar surface area (TPSA) is 58.6 Å². The predicted molar refractivity (Wildman–Crippen MR) is 100 cm³/mol. The molecule has 1 unspecified atom stereocenters. The number of nitrogens with zero attached hydrogens (tertiary/aromatic N) is 1. The Morgan fingerprint density at radius 3 is 3.04 bits per heavy atom. The fourth-order valence-electron chi connectivity index (χ4n) is 3.28. The van der Waals surface area contributed by atoms with Crippen molar-refractivity contribution >= 4 is 29.3 Å². The van der Waals surface area contributed by atoms with E-state index < -0.39 is 0 Å². The lowest BCUT2D eigenvalue weighted by Gasteiger charge is -2.30. The van der Waals surface area contributed by atoms with Crippen LogP contribution in [0.25, 0.3) is 0 Å². The molecule has 136 valence electrons. The van der Waals surface area contributed by atoms with Crippen molar-refractivity contribution in [1.29, 1.82) is 0 Å². The number of hydrogen-bond acceptors (Lipinski definition) is 4. The van der Waals surface area contributed by atoms with Gasteiger partial charge in [-0.25, -0.2) is 0 Å². The van der Waals surface area contributed by atoms with Crippen LogP contribution >= 0.6 is 11.8 Å². The minimum absolute atomic E-state index is 0.0110. The van der Waals surface area contributed by atoms with Crippen LogP contribution in [0.3, 0.4) is 0 Å². The predicted octanol–water partition coefficient (Wildman–Crippen LogP) is 3.54. The molecule has 5 nitrogen and oxygen atoms in total. The molecule has 0 radical (unpaired) electrons. The van der Waals surface area contributed by atoms with Crippen molar-refractivity contribution in [2.24, 2.45) is 0 Å². The van der Waals surface area contributed by atoms with Gasteiger partial charge in [-0.3, -0.25) is 9.59 Å². The molecule has 2 amide bonds.